The molecule has 200 valence electrons. The number of benzene rings is 2. The highest BCUT2D eigenvalue weighted by atomic mass is 79.9. The minimum absolute atomic E-state index is 0.357. The second kappa shape index (κ2) is 17.0. The van der Waals surface area contributed by atoms with E-state index >= 15 is 0 Å². The van der Waals surface area contributed by atoms with Crippen LogP contribution < -0.4 is 0 Å². The third-order valence-electron chi connectivity index (χ3n) is 6.83. The van der Waals surface area contributed by atoms with Crippen LogP contribution in [0.5, 0.6) is 0 Å². The minimum Gasteiger partial charge on any atom is -0.382 e. The first-order valence-electron chi connectivity index (χ1n) is 13.5. The summed E-state index contributed by atoms with van der Waals surface area (Å²) < 4.78 is 24.4. The topological polar surface area (TPSA) is 36.9 Å². The zero-order valence-corrected chi connectivity index (χ0v) is 25.1. The van der Waals surface area contributed by atoms with E-state index in [0.29, 0.717) is 52.2 Å². The molecule has 0 spiro atoms. The third-order valence-corrected chi connectivity index (χ3v) is 8.07. The molecule has 3 rings (SSSR count). The third kappa shape index (κ3) is 8.92. The van der Waals surface area contributed by atoms with Crippen molar-refractivity contribution in [2.75, 3.05) is 53.4 Å². The van der Waals surface area contributed by atoms with E-state index in [2.05, 4.69) is 69.1 Å². The van der Waals surface area contributed by atoms with E-state index in [1.165, 1.54) is 70.8 Å². The lowest BCUT2D eigenvalue weighted by Gasteiger charge is -2.19. The molecule has 0 fully saturated rings. The van der Waals surface area contributed by atoms with Crippen molar-refractivity contribution >= 4 is 31.9 Å². The van der Waals surface area contributed by atoms with Crippen LogP contribution in [0.2, 0.25) is 0 Å². The van der Waals surface area contributed by atoms with E-state index < -0.39 is 0 Å². The van der Waals surface area contributed by atoms with E-state index in [9.17, 15) is 0 Å². The van der Waals surface area contributed by atoms with Crippen molar-refractivity contribution in [2.45, 2.75) is 64.2 Å². The molecule has 36 heavy (non-hydrogen) atoms. The van der Waals surface area contributed by atoms with Crippen molar-refractivity contribution in [1.29, 1.82) is 0 Å². The maximum Gasteiger partial charge on any atom is 0.0701 e. The first kappa shape index (κ1) is 29.8. The van der Waals surface area contributed by atoms with Gasteiger partial charge in [-0.2, -0.15) is 0 Å². The Morgan fingerprint density at radius 2 is 1.36 bits per heavy atom. The summed E-state index contributed by atoms with van der Waals surface area (Å²) in [7, 11) is 1.67. The fraction of sp³-hybridized carbons (Fsp3) is 0.600. The first-order valence-corrected chi connectivity index (χ1v) is 15.1. The highest BCUT2D eigenvalue weighted by Crippen LogP contribution is 2.50. The normalized spacial score (nSPS) is 14.3. The molecule has 0 aromatic heterocycles. The SMILES string of the molecule is CCCCCCCCc1c(Br)ccc2c1C(CCOCCOCCOCCOC)c1cc(Br)ccc1-2. The fourth-order valence-electron chi connectivity index (χ4n) is 5.01. The molecule has 2 aromatic rings. The van der Waals surface area contributed by atoms with Crippen LogP contribution in [-0.4, -0.2) is 53.4 Å². The van der Waals surface area contributed by atoms with Gasteiger partial charge in [0.1, 0.15) is 0 Å². The van der Waals surface area contributed by atoms with Gasteiger partial charge in [-0.15, -0.1) is 0 Å². The summed E-state index contributed by atoms with van der Waals surface area (Å²) in [6.45, 7) is 6.57. The van der Waals surface area contributed by atoms with Gasteiger partial charge in [0.2, 0.25) is 0 Å². The van der Waals surface area contributed by atoms with E-state index in [1.54, 1.807) is 7.11 Å². The maximum atomic E-state index is 6.00. The quantitative estimate of drug-likeness (QED) is 0.147. The summed E-state index contributed by atoms with van der Waals surface area (Å²) in [5.74, 6) is 0.357. The van der Waals surface area contributed by atoms with Crippen LogP contribution in [-0.2, 0) is 25.4 Å². The van der Waals surface area contributed by atoms with Crippen molar-refractivity contribution < 1.29 is 18.9 Å². The van der Waals surface area contributed by atoms with Crippen molar-refractivity contribution in [3.63, 3.8) is 0 Å². The van der Waals surface area contributed by atoms with Crippen LogP contribution in [0.4, 0.5) is 0 Å². The van der Waals surface area contributed by atoms with Gasteiger partial charge in [0.05, 0.1) is 39.6 Å². The average Bonchev–Trinajstić information content (AvgIpc) is 3.18. The number of ether oxygens (including phenoxy) is 4. The predicted molar refractivity (Wildman–Crippen MR) is 155 cm³/mol. The summed E-state index contributed by atoms with van der Waals surface area (Å²) in [6, 6.07) is 11.3. The van der Waals surface area contributed by atoms with Crippen LogP contribution in [0.15, 0.2) is 39.3 Å². The lowest BCUT2D eigenvalue weighted by molar-refractivity contribution is 0.00314. The van der Waals surface area contributed by atoms with Gasteiger partial charge in [0, 0.05) is 28.6 Å². The van der Waals surface area contributed by atoms with Gasteiger partial charge in [-0.3, -0.25) is 0 Å². The summed E-state index contributed by atoms with van der Waals surface area (Å²) in [5, 5.41) is 0. The molecule has 0 saturated heterocycles. The van der Waals surface area contributed by atoms with Gasteiger partial charge in [0.15, 0.2) is 0 Å². The second-order valence-corrected chi connectivity index (χ2v) is 11.2. The van der Waals surface area contributed by atoms with Gasteiger partial charge < -0.3 is 18.9 Å². The summed E-state index contributed by atoms with van der Waals surface area (Å²) in [5.41, 5.74) is 7.15. The van der Waals surface area contributed by atoms with Crippen LogP contribution in [0, 0.1) is 0 Å². The van der Waals surface area contributed by atoms with Gasteiger partial charge in [-0.05, 0) is 65.3 Å². The van der Waals surface area contributed by atoms with Gasteiger partial charge >= 0.3 is 0 Å². The number of fused-ring (bicyclic) bond motifs is 3. The monoisotopic (exact) mass is 624 g/mol. The summed E-state index contributed by atoms with van der Waals surface area (Å²) in [4.78, 5) is 0. The molecule has 0 amide bonds. The zero-order chi connectivity index (χ0) is 25.6. The van der Waals surface area contributed by atoms with E-state index in [4.69, 9.17) is 18.9 Å². The van der Waals surface area contributed by atoms with Gasteiger partial charge in [-0.1, -0.05) is 83.0 Å². The molecule has 0 bridgehead atoms. The van der Waals surface area contributed by atoms with Crippen LogP contribution in [0.1, 0.15) is 74.5 Å². The molecule has 1 aliphatic carbocycles. The molecule has 1 unspecified atom stereocenters. The average molecular weight is 626 g/mol. The lowest BCUT2D eigenvalue weighted by Crippen LogP contribution is -2.12. The molecule has 0 N–H and O–H groups in total. The van der Waals surface area contributed by atoms with E-state index in [1.807, 2.05) is 0 Å². The maximum absolute atomic E-state index is 6.00. The minimum atomic E-state index is 0.357. The molecule has 0 saturated carbocycles. The number of rotatable bonds is 19. The number of hydrogen-bond acceptors (Lipinski definition) is 4. The Morgan fingerprint density at radius 3 is 2.08 bits per heavy atom. The molecule has 0 aliphatic heterocycles. The van der Waals surface area contributed by atoms with Crippen molar-refractivity contribution in [2.24, 2.45) is 0 Å². The largest absolute Gasteiger partial charge is 0.382 e. The van der Waals surface area contributed by atoms with Crippen molar-refractivity contribution in [3.05, 3.63) is 56.0 Å². The highest BCUT2D eigenvalue weighted by molar-refractivity contribution is 9.10. The number of halogens is 2. The zero-order valence-electron chi connectivity index (χ0n) is 22.0. The predicted octanol–water partition coefficient (Wildman–Crippen LogP) is 8.31. The fourth-order valence-corrected chi connectivity index (χ4v) is 5.94. The Balaban J connectivity index is 1.56. The van der Waals surface area contributed by atoms with Gasteiger partial charge in [0.25, 0.3) is 0 Å². The molecule has 2 aromatic carbocycles. The Bertz CT molecular complexity index is 918. The highest BCUT2D eigenvalue weighted by Gasteiger charge is 2.31. The van der Waals surface area contributed by atoms with Crippen molar-refractivity contribution in [1.82, 2.24) is 0 Å². The standard InChI is InChI=1S/C30H42Br2O4/c1-3-4-5-6-7-8-9-27-29(32)13-12-25-24-11-10-23(31)22-28(24)26(30(25)27)14-15-34-18-19-36-21-20-35-17-16-33-2/h10-13,22,26H,3-9,14-21H2,1-2H3. The lowest BCUT2D eigenvalue weighted by atomic mass is 9.88. The number of hydrogen-bond donors (Lipinski definition) is 0. The van der Waals surface area contributed by atoms with Crippen LogP contribution in [0.25, 0.3) is 11.1 Å². The van der Waals surface area contributed by atoms with E-state index in [-0.39, 0.29) is 0 Å². The Kier molecular flexibility index (Phi) is 14.0. The number of unbranched alkanes of at least 4 members (excludes halogenated alkanes) is 5. The smallest absolute Gasteiger partial charge is 0.0701 e. The Hall–Kier alpha value is -0.760. The first-order chi connectivity index (χ1) is 17.7. The number of methoxy groups -OCH3 is 1. The van der Waals surface area contributed by atoms with Crippen LogP contribution >= 0.6 is 31.9 Å². The Morgan fingerprint density at radius 1 is 0.722 bits per heavy atom. The molecule has 0 heterocycles. The summed E-state index contributed by atoms with van der Waals surface area (Å²) in [6.07, 6.45) is 9.99. The second-order valence-electron chi connectivity index (χ2n) is 9.41. The van der Waals surface area contributed by atoms with Crippen molar-refractivity contribution in [3.8, 4) is 11.1 Å². The molecule has 1 aliphatic rings. The molecule has 4 nitrogen and oxygen atoms in total. The van der Waals surface area contributed by atoms with Gasteiger partial charge in [-0.25, -0.2) is 0 Å². The van der Waals surface area contributed by atoms with E-state index in [0.717, 1.165) is 17.3 Å². The Labute approximate surface area is 234 Å². The molecular weight excluding hydrogens is 584 g/mol. The van der Waals surface area contributed by atoms with Crippen LogP contribution in [0.3, 0.4) is 0 Å². The molecule has 6 heteroatoms. The molecule has 0 radical (unpaired) electrons. The molecular formula is C30H42Br2O4. The summed E-state index contributed by atoms with van der Waals surface area (Å²) >= 11 is 7.60. The molecule has 1 atom stereocenters.